The van der Waals surface area contributed by atoms with Gasteiger partial charge in [-0.3, -0.25) is 19.5 Å². The van der Waals surface area contributed by atoms with Crippen molar-refractivity contribution in [3.05, 3.63) is 75.9 Å². The normalized spacial score (nSPS) is 14.3. The zero-order valence-corrected chi connectivity index (χ0v) is 17.2. The number of aromatic nitrogens is 5. The molecule has 0 atom stereocenters. The van der Waals surface area contributed by atoms with Crippen LogP contribution in [0.5, 0.6) is 0 Å². The highest BCUT2D eigenvalue weighted by Gasteiger charge is 2.23. The van der Waals surface area contributed by atoms with Gasteiger partial charge in [-0.2, -0.15) is 5.10 Å². The fourth-order valence-electron chi connectivity index (χ4n) is 4.17. The van der Waals surface area contributed by atoms with E-state index >= 15 is 0 Å². The van der Waals surface area contributed by atoms with E-state index in [1.54, 1.807) is 10.8 Å². The number of allylic oxidation sites excluding steroid dienone is 1. The van der Waals surface area contributed by atoms with Gasteiger partial charge in [-0.25, -0.2) is 9.50 Å². The van der Waals surface area contributed by atoms with Crippen LogP contribution in [0.25, 0.3) is 16.9 Å². The highest BCUT2D eigenvalue weighted by atomic mass is 16.3. The topological polar surface area (TPSA) is 84.4 Å². The molecule has 0 spiro atoms. The van der Waals surface area contributed by atoms with Crippen LogP contribution in [0, 0.1) is 13.8 Å². The number of H-pyrrole nitrogens is 1. The summed E-state index contributed by atoms with van der Waals surface area (Å²) in [5.41, 5.74) is 6.37. The van der Waals surface area contributed by atoms with Crippen molar-refractivity contribution in [1.82, 2.24) is 29.3 Å². The Morgan fingerprint density at radius 1 is 1.37 bits per heavy atom. The molecule has 0 radical (unpaired) electrons. The Balaban J connectivity index is 1.45. The molecular weight excluding hydrogens is 380 g/mol. The Labute approximate surface area is 173 Å². The lowest BCUT2D eigenvalue weighted by Gasteiger charge is -2.27. The summed E-state index contributed by atoms with van der Waals surface area (Å²) in [6.07, 6.45) is 6.10. The monoisotopic (exact) mass is 404 g/mol. The molecule has 0 aliphatic carbocycles. The smallest absolute Gasteiger partial charge is 0.276 e. The Morgan fingerprint density at radius 3 is 3.00 bits per heavy atom. The van der Waals surface area contributed by atoms with Crippen LogP contribution in [0.15, 0.2) is 46.5 Å². The predicted molar refractivity (Wildman–Crippen MR) is 113 cm³/mol. The summed E-state index contributed by atoms with van der Waals surface area (Å²) in [6.45, 7) is 10.7. The zero-order chi connectivity index (χ0) is 20.8. The van der Waals surface area contributed by atoms with E-state index in [9.17, 15) is 4.79 Å². The van der Waals surface area contributed by atoms with E-state index in [0.717, 1.165) is 47.1 Å². The molecule has 1 N–H and O–H groups in total. The molecule has 0 amide bonds. The molecule has 1 aliphatic rings. The fourth-order valence-corrected chi connectivity index (χ4v) is 4.17. The van der Waals surface area contributed by atoms with Gasteiger partial charge in [-0.05, 0) is 26.3 Å². The molecule has 8 nitrogen and oxygen atoms in total. The summed E-state index contributed by atoms with van der Waals surface area (Å²) in [5.74, 6) is 0.804. The van der Waals surface area contributed by atoms with E-state index in [4.69, 9.17) is 9.40 Å². The number of nitrogens with one attached hydrogen (secondary N) is 1. The molecule has 5 heterocycles. The molecule has 154 valence electrons. The van der Waals surface area contributed by atoms with Crippen molar-refractivity contribution in [1.29, 1.82) is 0 Å². The number of rotatable bonds is 5. The van der Waals surface area contributed by atoms with Crippen molar-refractivity contribution in [3.8, 4) is 11.3 Å². The van der Waals surface area contributed by atoms with Crippen LogP contribution < -0.4 is 5.56 Å². The summed E-state index contributed by atoms with van der Waals surface area (Å²) in [5, 5.41) is 7.62. The number of aromatic amines is 1. The quantitative estimate of drug-likeness (QED) is 0.517. The summed E-state index contributed by atoms with van der Waals surface area (Å²) in [4.78, 5) is 20.2. The second-order valence-electron chi connectivity index (χ2n) is 7.78. The van der Waals surface area contributed by atoms with E-state index in [0.29, 0.717) is 25.2 Å². The molecule has 0 unspecified atom stereocenters. The van der Waals surface area contributed by atoms with Crippen LogP contribution in [-0.2, 0) is 26.1 Å². The van der Waals surface area contributed by atoms with Crippen molar-refractivity contribution >= 4 is 5.65 Å². The van der Waals surface area contributed by atoms with Gasteiger partial charge in [0.05, 0.1) is 30.4 Å². The van der Waals surface area contributed by atoms with Crippen molar-refractivity contribution in [2.75, 3.05) is 6.54 Å². The third-order valence-electron chi connectivity index (χ3n) is 5.90. The molecule has 4 aromatic rings. The lowest BCUT2D eigenvalue weighted by molar-refractivity contribution is 0.240. The number of hydrogen-bond acceptors (Lipinski definition) is 5. The summed E-state index contributed by atoms with van der Waals surface area (Å²) < 4.78 is 8.89. The summed E-state index contributed by atoms with van der Waals surface area (Å²) >= 11 is 0. The van der Waals surface area contributed by atoms with Crippen LogP contribution in [0.1, 0.15) is 28.3 Å². The summed E-state index contributed by atoms with van der Waals surface area (Å²) in [7, 11) is 0. The van der Waals surface area contributed by atoms with E-state index in [1.807, 2.05) is 36.0 Å². The van der Waals surface area contributed by atoms with Gasteiger partial charge in [0.1, 0.15) is 5.76 Å². The Kier molecular flexibility index (Phi) is 4.43. The van der Waals surface area contributed by atoms with E-state index in [1.165, 1.54) is 5.56 Å². The second kappa shape index (κ2) is 7.14. The van der Waals surface area contributed by atoms with Gasteiger partial charge in [0.2, 0.25) is 0 Å². The molecule has 8 heteroatoms. The van der Waals surface area contributed by atoms with Crippen molar-refractivity contribution in [2.24, 2.45) is 0 Å². The molecule has 0 fully saturated rings. The first-order valence-electron chi connectivity index (χ1n) is 10.1. The number of fused-ring (bicyclic) bond motifs is 2. The first-order valence-corrected chi connectivity index (χ1v) is 10.1. The minimum absolute atomic E-state index is 0.0166. The average Bonchev–Trinajstić information content (AvgIpc) is 3.43. The van der Waals surface area contributed by atoms with Gasteiger partial charge in [0.25, 0.3) is 5.56 Å². The molecule has 0 saturated carbocycles. The third-order valence-corrected chi connectivity index (χ3v) is 5.90. The Morgan fingerprint density at radius 2 is 2.23 bits per heavy atom. The average molecular weight is 404 g/mol. The third kappa shape index (κ3) is 3.00. The van der Waals surface area contributed by atoms with Crippen molar-refractivity contribution in [2.45, 2.75) is 39.9 Å². The maximum Gasteiger partial charge on any atom is 0.276 e. The molecular formula is C22H24N6O2. The first-order chi connectivity index (χ1) is 14.5. The van der Waals surface area contributed by atoms with Crippen LogP contribution in [-0.4, -0.2) is 35.8 Å². The molecule has 0 aromatic carbocycles. The lowest BCUT2D eigenvalue weighted by Crippen LogP contribution is -2.36. The standard InChI is InChI=1S/C22H24N6O2/c1-4-7-27-14(2)16(11-23-27)12-26-8-5-18-20(13-26)24-21-10-19(25-28(21)22(18)29)17-6-9-30-15(17)3/h4,6,9-11,25H,1,5,7-8,12-13H2,2-3H3. The van der Waals surface area contributed by atoms with Crippen LogP contribution >= 0.6 is 0 Å². The van der Waals surface area contributed by atoms with Gasteiger partial charge in [-0.1, -0.05) is 6.08 Å². The number of nitrogens with zero attached hydrogens (tertiary/aromatic N) is 5. The fraction of sp³-hybridized carbons (Fsp3) is 0.318. The Bertz CT molecular complexity index is 1310. The molecule has 0 bridgehead atoms. The van der Waals surface area contributed by atoms with Gasteiger partial charge in [0, 0.05) is 48.1 Å². The van der Waals surface area contributed by atoms with E-state index < -0.39 is 0 Å². The van der Waals surface area contributed by atoms with Gasteiger partial charge in [0.15, 0.2) is 5.65 Å². The molecule has 4 aromatic heterocycles. The lowest BCUT2D eigenvalue weighted by atomic mass is 10.1. The van der Waals surface area contributed by atoms with Crippen molar-refractivity contribution in [3.63, 3.8) is 0 Å². The largest absolute Gasteiger partial charge is 0.469 e. The van der Waals surface area contributed by atoms with E-state index in [-0.39, 0.29) is 5.56 Å². The molecule has 1 aliphatic heterocycles. The predicted octanol–water partition coefficient (Wildman–Crippen LogP) is 2.84. The molecule has 0 saturated heterocycles. The van der Waals surface area contributed by atoms with E-state index in [2.05, 4.69) is 28.6 Å². The first kappa shape index (κ1) is 18.6. The minimum Gasteiger partial charge on any atom is -0.469 e. The highest BCUT2D eigenvalue weighted by Crippen LogP contribution is 2.24. The number of aryl methyl sites for hydroxylation is 1. The Hall–Kier alpha value is -3.39. The second-order valence-corrected chi connectivity index (χ2v) is 7.78. The van der Waals surface area contributed by atoms with Crippen LogP contribution in [0.2, 0.25) is 0 Å². The summed E-state index contributed by atoms with van der Waals surface area (Å²) in [6, 6.07) is 3.80. The maximum atomic E-state index is 13.1. The maximum absolute atomic E-state index is 13.1. The highest BCUT2D eigenvalue weighted by molar-refractivity contribution is 5.65. The van der Waals surface area contributed by atoms with Gasteiger partial charge in [-0.15, -0.1) is 6.58 Å². The van der Waals surface area contributed by atoms with Gasteiger partial charge >= 0.3 is 0 Å². The van der Waals surface area contributed by atoms with Gasteiger partial charge < -0.3 is 4.42 Å². The minimum atomic E-state index is -0.0166. The molecule has 30 heavy (non-hydrogen) atoms. The number of hydrogen-bond donors (Lipinski definition) is 1. The SMILES string of the molecule is C=CCn1ncc(CN2CCc3c(nc4cc(-c5ccoc5C)[nH]n4c3=O)C2)c1C. The van der Waals surface area contributed by atoms with Crippen molar-refractivity contribution < 1.29 is 4.42 Å². The van der Waals surface area contributed by atoms with Crippen LogP contribution in [0.4, 0.5) is 0 Å². The number of furan rings is 1. The zero-order valence-electron chi connectivity index (χ0n) is 17.2. The van der Waals surface area contributed by atoms with Crippen LogP contribution in [0.3, 0.4) is 0 Å². The molecule has 5 rings (SSSR count).